The number of pyridine rings is 1. The van der Waals surface area contributed by atoms with Crippen LogP contribution in [-0.2, 0) is 15.9 Å². The van der Waals surface area contributed by atoms with Gasteiger partial charge in [-0.15, -0.1) is 0 Å². The summed E-state index contributed by atoms with van der Waals surface area (Å²) in [6, 6.07) is 10.9. The van der Waals surface area contributed by atoms with E-state index in [4.69, 9.17) is 32.9 Å². The molecule has 2 aromatic heterocycles. The number of hydrogen-bond acceptors (Lipinski definition) is 7. The first kappa shape index (κ1) is 37.4. The number of hydrogen-bond donors (Lipinski definition) is 1. The molecular weight excluding hydrogens is 774 g/mol. The summed E-state index contributed by atoms with van der Waals surface area (Å²) in [5.74, 6) is -5.07. The number of fused-ring (bicyclic) bond motifs is 4. The van der Waals surface area contributed by atoms with E-state index in [0.29, 0.717) is 42.6 Å². The molecule has 0 unspecified atom stereocenters. The Hall–Kier alpha value is -5.52. The number of aromatic nitrogens is 2. The van der Waals surface area contributed by atoms with Crippen molar-refractivity contribution in [3.8, 4) is 28.5 Å². The standard InChI is InChI=1S/C40H32Cl2F3N5O6/c1-55-38(51)22-11-10-21(31(43)32(22)44)34-24-16-27(26-9-5-13-48(26)40(54)56-2)50(36-19-15-28(36)49(17-19)39(52)53)37(24)23-14-18(6-4-12-46)29(33(45)35(23)47-34)20-7-3-8-25(41)30(20)42/h3,7-8,10-11,14,16,19,26,28,36H,4-6,9,13,15,17H2,1-2H3,(H,52,53)/t19-,26-,28-,36+/m1/s1. The average Bonchev–Trinajstić information content (AvgIpc) is 3.99. The largest absolute Gasteiger partial charge is 0.465 e. The summed E-state index contributed by atoms with van der Waals surface area (Å²) < 4.78 is 61.3. The number of ether oxygens (including phenoxy) is 2. The minimum atomic E-state index is -1.50. The number of aryl methyl sites for hydroxylation is 1. The second kappa shape index (κ2) is 14.2. The maximum absolute atomic E-state index is 17.6. The van der Waals surface area contributed by atoms with Crippen LogP contribution < -0.4 is 0 Å². The lowest BCUT2D eigenvalue weighted by Gasteiger charge is -2.40. The number of methoxy groups -OCH3 is 2. The SMILES string of the molecule is COC(=O)c1ccc(-c2nc3c(F)c(-c4cccc(Cl)c4Cl)c(CCC#N)cc3c3c2cc([C@H]2CCCN2C(=O)OC)n3[C@H]2[C@@H]3C[C@H]2N(C(=O)O)C3)c(F)c1F. The van der Waals surface area contributed by atoms with Gasteiger partial charge in [0.15, 0.2) is 17.5 Å². The van der Waals surface area contributed by atoms with Gasteiger partial charge >= 0.3 is 18.2 Å². The molecule has 0 spiro atoms. The molecule has 1 aliphatic carbocycles. The van der Waals surface area contributed by atoms with Crippen LogP contribution in [0.5, 0.6) is 0 Å². The van der Waals surface area contributed by atoms with Crippen LogP contribution in [0.15, 0.2) is 42.5 Å². The van der Waals surface area contributed by atoms with Gasteiger partial charge in [0.2, 0.25) is 0 Å². The van der Waals surface area contributed by atoms with E-state index >= 15 is 13.2 Å². The first-order valence-electron chi connectivity index (χ1n) is 17.8. The number of esters is 1. The van der Waals surface area contributed by atoms with Gasteiger partial charge < -0.3 is 24.0 Å². The highest BCUT2D eigenvalue weighted by molar-refractivity contribution is 6.43. The summed E-state index contributed by atoms with van der Waals surface area (Å²) in [7, 11) is 2.30. The smallest absolute Gasteiger partial charge is 0.410 e. The van der Waals surface area contributed by atoms with Crippen molar-refractivity contribution in [2.45, 2.75) is 50.2 Å². The minimum absolute atomic E-state index is 0.00455. The number of nitrogens with zero attached hydrogens (tertiary/aromatic N) is 5. The van der Waals surface area contributed by atoms with E-state index in [-0.39, 0.29) is 74.0 Å². The fourth-order valence-corrected chi connectivity index (χ4v) is 9.31. The molecule has 1 N–H and O–H groups in total. The number of likely N-dealkylation sites (tertiary alicyclic amines) is 1. The zero-order valence-electron chi connectivity index (χ0n) is 29.9. The highest BCUT2D eigenvalue weighted by Gasteiger charge is 2.56. The average molecular weight is 807 g/mol. The Kier molecular flexibility index (Phi) is 9.49. The number of nitriles is 1. The molecule has 5 aromatic rings. The van der Waals surface area contributed by atoms with Crippen LogP contribution in [0.3, 0.4) is 0 Å². The molecule has 11 nitrogen and oxygen atoms in total. The molecule has 9 rings (SSSR count). The van der Waals surface area contributed by atoms with Gasteiger partial charge in [-0.25, -0.2) is 32.5 Å². The van der Waals surface area contributed by atoms with Crippen LogP contribution in [0, 0.1) is 34.7 Å². The summed E-state index contributed by atoms with van der Waals surface area (Å²) in [6.07, 6.45) is 0.0715. The van der Waals surface area contributed by atoms with Gasteiger partial charge in [0.05, 0.1) is 65.2 Å². The van der Waals surface area contributed by atoms with Gasteiger partial charge in [-0.3, -0.25) is 4.90 Å². The Morgan fingerprint density at radius 3 is 2.48 bits per heavy atom. The molecule has 5 heterocycles. The van der Waals surface area contributed by atoms with Crippen molar-refractivity contribution >= 4 is 63.2 Å². The molecule has 16 heteroatoms. The molecule has 56 heavy (non-hydrogen) atoms. The van der Waals surface area contributed by atoms with E-state index in [9.17, 15) is 24.8 Å². The zero-order chi connectivity index (χ0) is 39.7. The van der Waals surface area contributed by atoms with Crippen molar-refractivity contribution in [1.82, 2.24) is 19.4 Å². The van der Waals surface area contributed by atoms with E-state index in [2.05, 4.69) is 10.8 Å². The van der Waals surface area contributed by atoms with Crippen LogP contribution in [0.2, 0.25) is 10.0 Å². The Morgan fingerprint density at radius 1 is 1.00 bits per heavy atom. The molecule has 4 fully saturated rings. The van der Waals surface area contributed by atoms with E-state index < -0.39 is 59.3 Å². The van der Waals surface area contributed by atoms with Crippen LogP contribution >= 0.6 is 23.2 Å². The third-order valence-corrected chi connectivity index (χ3v) is 12.2. The third kappa shape index (κ3) is 5.62. The van der Waals surface area contributed by atoms with E-state index in [1.807, 2.05) is 4.57 Å². The summed E-state index contributed by atoms with van der Waals surface area (Å²) in [4.78, 5) is 45.5. The molecule has 2 bridgehead atoms. The quantitative estimate of drug-likeness (QED) is 0.161. The Bertz CT molecular complexity index is 2560. The van der Waals surface area contributed by atoms with E-state index in [1.54, 1.807) is 35.2 Å². The Morgan fingerprint density at radius 2 is 1.79 bits per heavy atom. The van der Waals surface area contributed by atoms with Crippen molar-refractivity contribution in [2.24, 2.45) is 5.92 Å². The monoisotopic (exact) mass is 805 g/mol. The molecule has 0 radical (unpaired) electrons. The minimum Gasteiger partial charge on any atom is -0.465 e. The lowest BCUT2D eigenvalue weighted by Crippen LogP contribution is -2.43. The van der Waals surface area contributed by atoms with Crippen molar-refractivity contribution in [2.75, 3.05) is 27.3 Å². The van der Waals surface area contributed by atoms with Crippen LogP contribution in [-0.4, -0.2) is 76.0 Å². The predicted molar refractivity (Wildman–Crippen MR) is 200 cm³/mol. The molecule has 1 saturated carbocycles. The fraction of sp³-hybridized carbons (Fsp3) is 0.325. The molecule has 4 atom stereocenters. The molecular formula is C40H32Cl2F3N5O6. The lowest BCUT2D eigenvalue weighted by atomic mass is 9.79. The van der Waals surface area contributed by atoms with Crippen molar-refractivity contribution < 1.29 is 42.1 Å². The normalized spacial score (nSPS) is 20.0. The number of carboxylic acid groups (broad SMARTS) is 1. The second-order valence-electron chi connectivity index (χ2n) is 14.1. The number of carbonyl (C=O) groups is 3. The molecule has 3 aromatic carbocycles. The predicted octanol–water partition coefficient (Wildman–Crippen LogP) is 9.32. The van der Waals surface area contributed by atoms with Gasteiger partial charge in [-0.2, -0.15) is 5.26 Å². The highest BCUT2D eigenvalue weighted by Crippen LogP contribution is 2.54. The molecule has 4 aliphatic rings. The first-order valence-corrected chi connectivity index (χ1v) is 18.6. The maximum Gasteiger partial charge on any atom is 0.410 e. The Balaban J connectivity index is 1.53. The van der Waals surface area contributed by atoms with Crippen molar-refractivity contribution in [3.63, 3.8) is 0 Å². The lowest BCUT2D eigenvalue weighted by molar-refractivity contribution is 0.0594. The third-order valence-electron chi connectivity index (χ3n) is 11.4. The van der Waals surface area contributed by atoms with Crippen molar-refractivity contribution in [1.29, 1.82) is 5.26 Å². The maximum atomic E-state index is 17.6. The summed E-state index contributed by atoms with van der Waals surface area (Å²) in [5, 5.41) is 20.5. The second-order valence-corrected chi connectivity index (χ2v) is 14.9. The summed E-state index contributed by atoms with van der Waals surface area (Å²) >= 11 is 13.0. The number of carbonyl (C=O) groups excluding carboxylic acids is 2. The molecule has 288 valence electrons. The van der Waals surface area contributed by atoms with Gasteiger partial charge in [0, 0.05) is 58.6 Å². The zero-order valence-corrected chi connectivity index (χ0v) is 31.4. The highest BCUT2D eigenvalue weighted by atomic mass is 35.5. The summed E-state index contributed by atoms with van der Waals surface area (Å²) in [6.45, 7) is 0.591. The van der Waals surface area contributed by atoms with Gasteiger partial charge in [-0.1, -0.05) is 35.3 Å². The van der Waals surface area contributed by atoms with E-state index in [1.165, 1.54) is 18.1 Å². The van der Waals surface area contributed by atoms with Crippen LogP contribution in [0.1, 0.15) is 59.4 Å². The van der Waals surface area contributed by atoms with Gasteiger partial charge in [0.1, 0.15) is 5.52 Å². The first-order chi connectivity index (χ1) is 26.9. The van der Waals surface area contributed by atoms with Gasteiger partial charge in [-0.05, 0) is 61.6 Å². The number of amides is 2. The number of halogens is 5. The molecule has 2 amide bonds. The van der Waals surface area contributed by atoms with Crippen LogP contribution in [0.25, 0.3) is 44.2 Å². The Labute approximate surface area is 327 Å². The molecule has 3 saturated heterocycles. The summed E-state index contributed by atoms with van der Waals surface area (Å²) in [5.41, 5.74) is 0.0651. The van der Waals surface area contributed by atoms with E-state index in [0.717, 1.165) is 13.2 Å². The van der Waals surface area contributed by atoms with Crippen LogP contribution in [0.4, 0.5) is 22.8 Å². The van der Waals surface area contributed by atoms with Crippen molar-refractivity contribution in [3.05, 3.63) is 86.8 Å². The number of rotatable bonds is 7. The topological polar surface area (TPSA) is 138 Å². The van der Waals surface area contributed by atoms with Gasteiger partial charge in [0.25, 0.3) is 0 Å². The molecule has 3 aliphatic heterocycles. The fourth-order valence-electron chi connectivity index (χ4n) is 8.92. The number of benzene rings is 3.